The van der Waals surface area contributed by atoms with Crippen molar-refractivity contribution in [3.8, 4) is 12.1 Å². The smallest absolute Gasteiger partial charge is 0.255 e. The molecule has 1 aromatic carbocycles. The second-order valence-electron chi connectivity index (χ2n) is 3.33. The Balaban J connectivity index is 3.10. The van der Waals surface area contributed by atoms with Gasteiger partial charge in [-0.15, -0.1) is 0 Å². The summed E-state index contributed by atoms with van der Waals surface area (Å²) in [6, 6.07) is 6.32. The molecule has 0 bridgehead atoms. The van der Waals surface area contributed by atoms with Crippen molar-refractivity contribution >= 4 is 34.8 Å². The van der Waals surface area contributed by atoms with E-state index in [1.165, 1.54) is 12.1 Å². The van der Waals surface area contributed by atoms with Gasteiger partial charge in [0.15, 0.2) is 0 Å². The van der Waals surface area contributed by atoms with E-state index in [1.807, 2.05) is 12.1 Å². The average molecular weight is 283 g/mol. The van der Waals surface area contributed by atoms with Crippen molar-refractivity contribution < 1.29 is 4.79 Å². The highest BCUT2D eigenvalue weighted by molar-refractivity contribution is 6.39. The van der Waals surface area contributed by atoms with Crippen molar-refractivity contribution in [2.45, 2.75) is 0 Å². The number of nitriles is 2. The van der Waals surface area contributed by atoms with Gasteiger partial charge in [-0.3, -0.25) is 4.79 Å². The van der Waals surface area contributed by atoms with Gasteiger partial charge in [0.1, 0.15) is 13.1 Å². The molecular weight excluding hydrogens is 275 g/mol. The van der Waals surface area contributed by atoms with Crippen molar-refractivity contribution in [2.24, 2.45) is 0 Å². The predicted octanol–water partition coefficient (Wildman–Crippen LogP) is 2.06. The summed E-state index contributed by atoms with van der Waals surface area (Å²) in [6.45, 7) is -0.377. The molecule has 0 unspecified atom stereocenters. The fraction of sp³-hybridized carbons (Fsp3) is 0.182. The first-order valence-corrected chi connectivity index (χ1v) is 5.54. The van der Waals surface area contributed by atoms with E-state index in [4.69, 9.17) is 39.5 Å². The molecule has 1 amide bonds. The maximum Gasteiger partial charge on any atom is 0.255 e. The third-order valence-electron chi connectivity index (χ3n) is 2.14. The molecule has 0 saturated carbocycles. The Kier molecular flexibility index (Phi) is 4.79. The quantitative estimate of drug-likeness (QED) is 0.678. The molecule has 7 heteroatoms. The molecular formula is C11H8Cl2N4O. The molecule has 5 nitrogen and oxygen atoms in total. The standard InChI is InChI=1S/C11H8Cl2N4O/c12-8-5-7(6-9(13)10(8)16)11(18)17(3-1-14)4-2-15/h5-6H,3-4,16H2. The Morgan fingerprint density at radius 2 is 1.67 bits per heavy atom. The molecule has 18 heavy (non-hydrogen) atoms. The molecule has 0 aliphatic carbocycles. The number of anilines is 1. The molecule has 0 saturated heterocycles. The number of amides is 1. The number of benzene rings is 1. The Bertz CT molecular complexity index is 520. The first kappa shape index (κ1) is 14.1. The summed E-state index contributed by atoms with van der Waals surface area (Å²) < 4.78 is 0. The third-order valence-corrected chi connectivity index (χ3v) is 2.76. The van der Waals surface area contributed by atoms with Crippen LogP contribution in [0.15, 0.2) is 12.1 Å². The van der Waals surface area contributed by atoms with E-state index >= 15 is 0 Å². The Hall–Kier alpha value is -1.95. The molecule has 0 aliphatic rings. The Morgan fingerprint density at radius 3 is 2.06 bits per heavy atom. The zero-order chi connectivity index (χ0) is 13.7. The number of carbonyl (C=O) groups excluding carboxylic acids is 1. The van der Waals surface area contributed by atoms with E-state index in [-0.39, 0.29) is 34.4 Å². The topological polar surface area (TPSA) is 93.9 Å². The molecule has 0 spiro atoms. The van der Waals surface area contributed by atoms with Gasteiger partial charge in [-0.2, -0.15) is 10.5 Å². The summed E-state index contributed by atoms with van der Waals surface area (Å²) in [5.41, 5.74) is 5.92. The van der Waals surface area contributed by atoms with Crippen LogP contribution >= 0.6 is 23.2 Å². The van der Waals surface area contributed by atoms with Gasteiger partial charge in [0.05, 0.1) is 27.9 Å². The summed E-state index contributed by atoms with van der Waals surface area (Å²) in [7, 11) is 0. The lowest BCUT2D eigenvalue weighted by Crippen LogP contribution is -2.31. The lowest BCUT2D eigenvalue weighted by atomic mass is 10.1. The summed E-state index contributed by atoms with van der Waals surface area (Å²) in [5.74, 6) is -0.498. The van der Waals surface area contributed by atoms with Gasteiger partial charge in [-0.25, -0.2) is 0 Å². The van der Waals surface area contributed by atoms with Gasteiger partial charge in [-0.1, -0.05) is 23.2 Å². The summed E-state index contributed by atoms with van der Waals surface area (Å²) in [6.07, 6.45) is 0. The van der Waals surface area contributed by atoms with Gasteiger partial charge < -0.3 is 10.6 Å². The van der Waals surface area contributed by atoms with Gasteiger partial charge in [-0.05, 0) is 12.1 Å². The van der Waals surface area contributed by atoms with E-state index in [1.54, 1.807) is 0 Å². The SMILES string of the molecule is N#CCN(CC#N)C(=O)c1cc(Cl)c(N)c(Cl)c1. The summed E-state index contributed by atoms with van der Waals surface area (Å²) in [4.78, 5) is 13.1. The number of hydrogen-bond donors (Lipinski definition) is 1. The molecule has 0 radical (unpaired) electrons. The van der Waals surface area contributed by atoms with Crippen LogP contribution in [0.1, 0.15) is 10.4 Å². The predicted molar refractivity (Wildman–Crippen MR) is 68.0 cm³/mol. The lowest BCUT2D eigenvalue weighted by Gasteiger charge is -2.16. The molecule has 0 heterocycles. The Labute approximate surface area is 114 Å². The van der Waals surface area contributed by atoms with Crippen LogP contribution in [0, 0.1) is 22.7 Å². The monoisotopic (exact) mass is 282 g/mol. The summed E-state index contributed by atoms with van der Waals surface area (Å²) >= 11 is 11.6. The lowest BCUT2D eigenvalue weighted by molar-refractivity contribution is 0.0795. The molecule has 92 valence electrons. The number of nitrogens with zero attached hydrogens (tertiary/aromatic N) is 3. The number of halogens is 2. The minimum atomic E-state index is -0.498. The van der Waals surface area contributed by atoms with Crippen LogP contribution in [-0.2, 0) is 0 Å². The van der Waals surface area contributed by atoms with Crippen LogP contribution in [0.25, 0.3) is 0 Å². The van der Waals surface area contributed by atoms with Gasteiger partial charge in [0, 0.05) is 5.56 Å². The molecule has 1 rings (SSSR count). The normalized spacial score (nSPS) is 9.33. The highest BCUT2D eigenvalue weighted by atomic mass is 35.5. The minimum Gasteiger partial charge on any atom is -0.396 e. The Morgan fingerprint density at radius 1 is 1.22 bits per heavy atom. The van der Waals surface area contributed by atoms with Crippen LogP contribution in [0.5, 0.6) is 0 Å². The van der Waals surface area contributed by atoms with Crippen molar-refractivity contribution in [3.05, 3.63) is 27.7 Å². The van der Waals surface area contributed by atoms with E-state index in [9.17, 15) is 4.79 Å². The van der Waals surface area contributed by atoms with E-state index in [0.29, 0.717) is 0 Å². The largest absolute Gasteiger partial charge is 0.396 e. The van der Waals surface area contributed by atoms with E-state index in [0.717, 1.165) is 4.90 Å². The fourth-order valence-corrected chi connectivity index (χ4v) is 1.75. The highest BCUT2D eigenvalue weighted by Gasteiger charge is 2.17. The van der Waals surface area contributed by atoms with Crippen LogP contribution in [0.3, 0.4) is 0 Å². The van der Waals surface area contributed by atoms with Crippen molar-refractivity contribution in [3.63, 3.8) is 0 Å². The summed E-state index contributed by atoms with van der Waals surface area (Å²) in [5, 5.41) is 17.5. The zero-order valence-electron chi connectivity index (χ0n) is 9.15. The zero-order valence-corrected chi connectivity index (χ0v) is 10.7. The van der Waals surface area contributed by atoms with Crippen molar-refractivity contribution in [1.29, 1.82) is 10.5 Å². The molecule has 0 atom stereocenters. The maximum atomic E-state index is 12.0. The second kappa shape index (κ2) is 6.11. The minimum absolute atomic E-state index is 0.153. The van der Waals surface area contributed by atoms with E-state index < -0.39 is 5.91 Å². The van der Waals surface area contributed by atoms with Crippen LogP contribution < -0.4 is 5.73 Å². The van der Waals surface area contributed by atoms with E-state index in [2.05, 4.69) is 0 Å². The number of nitrogens with two attached hydrogens (primary N) is 1. The first-order valence-electron chi connectivity index (χ1n) is 4.79. The van der Waals surface area contributed by atoms with Crippen molar-refractivity contribution in [2.75, 3.05) is 18.8 Å². The van der Waals surface area contributed by atoms with Gasteiger partial charge >= 0.3 is 0 Å². The third kappa shape index (κ3) is 3.04. The number of carbonyl (C=O) groups is 1. The molecule has 0 fully saturated rings. The second-order valence-corrected chi connectivity index (χ2v) is 4.15. The van der Waals surface area contributed by atoms with Crippen molar-refractivity contribution in [1.82, 2.24) is 4.90 Å². The molecule has 0 aliphatic heterocycles. The van der Waals surface area contributed by atoms with Crippen LogP contribution in [0.2, 0.25) is 10.0 Å². The first-order chi connectivity index (χ1) is 8.51. The van der Waals surface area contributed by atoms with Crippen LogP contribution in [0.4, 0.5) is 5.69 Å². The number of hydrogen-bond acceptors (Lipinski definition) is 4. The average Bonchev–Trinajstić information content (AvgIpc) is 2.34. The number of nitrogen functional groups attached to an aromatic ring is 1. The van der Waals surface area contributed by atoms with Gasteiger partial charge in [0.2, 0.25) is 0 Å². The maximum absolute atomic E-state index is 12.0. The number of rotatable bonds is 3. The molecule has 1 aromatic rings. The highest BCUT2D eigenvalue weighted by Crippen LogP contribution is 2.29. The molecule has 0 aromatic heterocycles. The fourth-order valence-electron chi connectivity index (χ4n) is 1.26. The van der Waals surface area contributed by atoms with Crippen LogP contribution in [-0.4, -0.2) is 23.9 Å². The molecule has 2 N–H and O–H groups in total. The van der Waals surface area contributed by atoms with Gasteiger partial charge in [0.25, 0.3) is 5.91 Å².